The van der Waals surface area contributed by atoms with Gasteiger partial charge in [0.2, 0.25) is 5.91 Å². The number of hydrogen-bond donors (Lipinski definition) is 0. The maximum atomic E-state index is 11.9. The Bertz CT molecular complexity index is 616. The summed E-state index contributed by atoms with van der Waals surface area (Å²) in [5.41, 5.74) is 2.81. The Morgan fingerprint density at radius 1 is 1.26 bits per heavy atom. The van der Waals surface area contributed by atoms with Crippen LogP contribution < -0.4 is 0 Å². The smallest absolute Gasteiger partial charge is 0.223 e. The maximum absolute atomic E-state index is 11.9. The SMILES string of the molecule is O=C1CC(CCl)CN1Cc1ccc2nccnc2c1. The van der Waals surface area contributed by atoms with E-state index in [1.807, 2.05) is 23.1 Å². The lowest BCUT2D eigenvalue weighted by atomic mass is 10.1. The van der Waals surface area contributed by atoms with Crippen LogP contribution in [-0.2, 0) is 11.3 Å². The minimum atomic E-state index is 0.185. The molecule has 1 unspecified atom stereocenters. The molecule has 2 heterocycles. The van der Waals surface area contributed by atoms with Crippen molar-refractivity contribution in [2.75, 3.05) is 12.4 Å². The molecule has 1 aliphatic rings. The number of likely N-dealkylation sites (tertiary alicyclic amines) is 1. The molecule has 98 valence electrons. The lowest BCUT2D eigenvalue weighted by Gasteiger charge is -2.16. The van der Waals surface area contributed by atoms with E-state index in [4.69, 9.17) is 11.6 Å². The van der Waals surface area contributed by atoms with Gasteiger partial charge in [-0.25, -0.2) is 0 Å². The van der Waals surface area contributed by atoms with Crippen LogP contribution in [-0.4, -0.2) is 33.2 Å². The van der Waals surface area contributed by atoms with Crippen molar-refractivity contribution in [2.45, 2.75) is 13.0 Å². The molecule has 0 N–H and O–H groups in total. The molecule has 1 atom stereocenters. The third-order valence-electron chi connectivity index (χ3n) is 3.42. The summed E-state index contributed by atoms with van der Waals surface area (Å²) in [6, 6.07) is 5.93. The summed E-state index contributed by atoms with van der Waals surface area (Å²) in [6.45, 7) is 1.37. The number of carbonyl (C=O) groups excluding carboxylic acids is 1. The van der Waals surface area contributed by atoms with Crippen LogP contribution in [0.4, 0.5) is 0 Å². The number of amides is 1. The Morgan fingerprint density at radius 2 is 2.05 bits per heavy atom. The van der Waals surface area contributed by atoms with Gasteiger partial charge in [-0.1, -0.05) is 6.07 Å². The average Bonchev–Trinajstić information content (AvgIpc) is 2.79. The quantitative estimate of drug-likeness (QED) is 0.807. The third kappa shape index (κ3) is 2.54. The normalized spacial score (nSPS) is 19.3. The lowest BCUT2D eigenvalue weighted by Crippen LogP contribution is -2.24. The number of halogens is 1. The second-order valence-electron chi connectivity index (χ2n) is 4.88. The predicted molar refractivity (Wildman–Crippen MR) is 73.8 cm³/mol. The number of fused-ring (bicyclic) bond motifs is 1. The molecule has 1 aliphatic heterocycles. The number of aromatic nitrogens is 2. The van der Waals surface area contributed by atoms with Gasteiger partial charge in [0.1, 0.15) is 0 Å². The number of nitrogens with zero attached hydrogens (tertiary/aromatic N) is 3. The van der Waals surface area contributed by atoms with Crippen LogP contribution in [0, 0.1) is 5.92 Å². The van der Waals surface area contributed by atoms with Crippen molar-refractivity contribution in [1.82, 2.24) is 14.9 Å². The molecule has 1 saturated heterocycles. The minimum absolute atomic E-state index is 0.185. The molecule has 19 heavy (non-hydrogen) atoms. The number of rotatable bonds is 3. The molecule has 4 nitrogen and oxygen atoms in total. The molecule has 1 fully saturated rings. The van der Waals surface area contributed by atoms with Crippen LogP contribution in [0.25, 0.3) is 11.0 Å². The summed E-state index contributed by atoms with van der Waals surface area (Å²) in [6.07, 6.45) is 3.92. The first-order valence-corrected chi connectivity index (χ1v) is 6.83. The van der Waals surface area contributed by atoms with E-state index in [2.05, 4.69) is 9.97 Å². The molecule has 0 aliphatic carbocycles. The van der Waals surface area contributed by atoms with E-state index in [9.17, 15) is 4.79 Å². The zero-order valence-corrected chi connectivity index (χ0v) is 11.2. The average molecular weight is 276 g/mol. The van der Waals surface area contributed by atoms with E-state index in [-0.39, 0.29) is 11.8 Å². The Labute approximate surface area is 116 Å². The van der Waals surface area contributed by atoms with Gasteiger partial charge in [0, 0.05) is 37.8 Å². The van der Waals surface area contributed by atoms with Crippen LogP contribution >= 0.6 is 11.6 Å². The zero-order valence-electron chi connectivity index (χ0n) is 10.4. The van der Waals surface area contributed by atoms with Gasteiger partial charge < -0.3 is 4.90 Å². The van der Waals surface area contributed by atoms with E-state index in [1.54, 1.807) is 12.4 Å². The largest absolute Gasteiger partial charge is 0.338 e. The first kappa shape index (κ1) is 12.4. The van der Waals surface area contributed by atoms with E-state index in [0.29, 0.717) is 18.8 Å². The van der Waals surface area contributed by atoms with Crippen LogP contribution in [0.15, 0.2) is 30.6 Å². The molecule has 1 amide bonds. The van der Waals surface area contributed by atoms with Crippen LogP contribution in [0.1, 0.15) is 12.0 Å². The highest BCUT2D eigenvalue weighted by Gasteiger charge is 2.28. The number of hydrogen-bond acceptors (Lipinski definition) is 3. The van der Waals surface area contributed by atoms with Crippen molar-refractivity contribution < 1.29 is 4.79 Å². The van der Waals surface area contributed by atoms with Crippen molar-refractivity contribution in [3.63, 3.8) is 0 Å². The topological polar surface area (TPSA) is 46.1 Å². The van der Waals surface area contributed by atoms with Gasteiger partial charge in [0.25, 0.3) is 0 Å². The fourth-order valence-corrected chi connectivity index (χ4v) is 2.64. The number of alkyl halides is 1. The second kappa shape index (κ2) is 5.13. The van der Waals surface area contributed by atoms with Gasteiger partial charge in [-0.2, -0.15) is 0 Å². The predicted octanol–water partition coefficient (Wildman–Crippen LogP) is 2.22. The molecule has 3 rings (SSSR count). The summed E-state index contributed by atoms with van der Waals surface area (Å²) in [4.78, 5) is 22.2. The van der Waals surface area contributed by atoms with E-state index < -0.39 is 0 Å². The molecule has 1 aromatic carbocycles. The molecule has 5 heteroatoms. The van der Waals surface area contributed by atoms with Gasteiger partial charge in [-0.05, 0) is 23.6 Å². The maximum Gasteiger partial charge on any atom is 0.223 e. The van der Waals surface area contributed by atoms with E-state index in [1.165, 1.54) is 0 Å². The Balaban J connectivity index is 1.80. The highest BCUT2D eigenvalue weighted by molar-refractivity contribution is 6.18. The highest BCUT2D eigenvalue weighted by atomic mass is 35.5. The Hall–Kier alpha value is -1.68. The molecule has 2 aromatic rings. The summed E-state index contributed by atoms with van der Waals surface area (Å²) in [7, 11) is 0. The van der Waals surface area contributed by atoms with Crippen molar-refractivity contribution in [3.05, 3.63) is 36.2 Å². The van der Waals surface area contributed by atoms with Gasteiger partial charge in [0.05, 0.1) is 11.0 Å². The Morgan fingerprint density at radius 3 is 2.79 bits per heavy atom. The second-order valence-corrected chi connectivity index (χ2v) is 5.19. The van der Waals surface area contributed by atoms with Gasteiger partial charge in [-0.15, -0.1) is 11.6 Å². The summed E-state index contributed by atoms with van der Waals surface area (Å²) in [5, 5.41) is 0. The number of benzene rings is 1. The first-order valence-electron chi connectivity index (χ1n) is 6.29. The van der Waals surface area contributed by atoms with Crippen LogP contribution in [0.2, 0.25) is 0 Å². The molecule has 0 bridgehead atoms. The molecule has 0 saturated carbocycles. The van der Waals surface area contributed by atoms with Crippen molar-refractivity contribution in [3.8, 4) is 0 Å². The fraction of sp³-hybridized carbons (Fsp3) is 0.357. The summed E-state index contributed by atoms with van der Waals surface area (Å²) in [5.74, 6) is 1.02. The third-order valence-corrected chi connectivity index (χ3v) is 3.86. The Kier molecular flexibility index (Phi) is 3.34. The number of carbonyl (C=O) groups is 1. The molecule has 0 radical (unpaired) electrons. The van der Waals surface area contributed by atoms with Gasteiger partial charge in [-0.3, -0.25) is 14.8 Å². The van der Waals surface area contributed by atoms with E-state index in [0.717, 1.165) is 23.1 Å². The van der Waals surface area contributed by atoms with Crippen LogP contribution in [0.3, 0.4) is 0 Å². The van der Waals surface area contributed by atoms with Crippen molar-refractivity contribution >= 4 is 28.5 Å². The fourth-order valence-electron chi connectivity index (χ4n) is 2.44. The molecular formula is C14H14ClN3O. The van der Waals surface area contributed by atoms with Crippen molar-refractivity contribution in [2.24, 2.45) is 5.92 Å². The standard InChI is InChI=1S/C14H14ClN3O/c15-7-11-6-14(19)18(9-11)8-10-1-2-12-13(5-10)17-4-3-16-12/h1-5,11H,6-9H2. The molecule has 1 aromatic heterocycles. The van der Waals surface area contributed by atoms with Gasteiger partial charge in [0.15, 0.2) is 0 Å². The summed E-state index contributed by atoms with van der Waals surface area (Å²) >= 11 is 5.82. The monoisotopic (exact) mass is 275 g/mol. The first-order chi connectivity index (χ1) is 9.26. The van der Waals surface area contributed by atoms with Gasteiger partial charge >= 0.3 is 0 Å². The van der Waals surface area contributed by atoms with Crippen LogP contribution in [0.5, 0.6) is 0 Å². The minimum Gasteiger partial charge on any atom is -0.338 e. The van der Waals surface area contributed by atoms with Crippen molar-refractivity contribution in [1.29, 1.82) is 0 Å². The zero-order chi connectivity index (χ0) is 13.2. The van der Waals surface area contributed by atoms with E-state index >= 15 is 0 Å². The lowest BCUT2D eigenvalue weighted by molar-refractivity contribution is -0.128. The summed E-state index contributed by atoms with van der Waals surface area (Å²) < 4.78 is 0. The molecular weight excluding hydrogens is 262 g/mol. The molecule has 0 spiro atoms. The highest BCUT2D eigenvalue weighted by Crippen LogP contribution is 2.22.